The molecule has 1 rings (SSSR count). The fourth-order valence-electron chi connectivity index (χ4n) is 9.46. The fraction of sp³-hybridized carbons (Fsp3) is 0.883. The Bertz CT molecular complexity index is 1180. The number of unbranched alkanes of at least 4 members (excludes halogenated alkanes) is 37. The van der Waals surface area contributed by atoms with Crippen LogP contribution in [0.25, 0.3) is 0 Å². The number of carbonyl (C=O) groups is 1. The van der Waals surface area contributed by atoms with Crippen LogP contribution in [-0.4, -0.2) is 87.5 Å². The van der Waals surface area contributed by atoms with E-state index in [1.54, 1.807) is 6.08 Å². The van der Waals surface area contributed by atoms with E-state index in [2.05, 4.69) is 43.5 Å². The van der Waals surface area contributed by atoms with Gasteiger partial charge in [0, 0.05) is 6.42 Å². The van der Waals surface area contributed by atoms with Gasteiger partial charge < -0.3 is 40.3 Å². The van der Waals surface area contributed by atoms with Gasteiger partial charge >= 0.3 is 0 Å². The van der Waals surface area contributed by atoms with Crippen LogP contribution in [0.1, 0.15) is 284 Å². The van der Waals surface area contributed by atoms with Crippen molar-refractivity contribution in [3.8, 4) is 0 Å². The molecule has 1 saturated heterocycles. The van der Waals surface area contributed by atoms with Gasteiger partial charge in [-0.25, -0.2) is 0 Å². The number of aliphatic hydroxyl groups excluding tert-OH is 5. The van der Waals surface area contributed by atoms with Crippen LogP contribution in [0.15, 0.2) is 36.5 Å². The van der Waals surface area contributed by atoms with Crippen molar-refractivity contribution < 1.29 is 39.8 Å². The van der Waals surface area contributed by atoms with Gasteiger partial charge in [-0.05, 0) is 57.8 Å². The first-order chi connectivity index (χ1) is 33.8. The zero-order chi connectivity index (χ0) is 50.1. The Hall–Kier alpha value is -1.59. The van der Waals surface area contributed by atoms with Gasteiger partial charge in [-0.1, -0.05) is 256 Å². The highest BCUT2D eigenvalue weighted by atomic mass is 16.7. The number of ether oxygens (including phenoxy) is 2. The minimum Gasteiger partial charge on any atom is -0.394 e. The molecule has 7 unspecified atom stereocenters. The number of nitrogens with one attached hydrogen (secondary N) is 1. The highest BCUT2D eigenvalue weighted by Gasteiger charge is 2.44. The lowest BCUT2D eigenvalue weighted by Gasteiger charge is -2.40. The average Bonchev–Trinajstić information content (AvgIpc) is 3.35. The van der Waals surface area contributed by atoms with Gasteiger partial charge in [0.15, 0.2) is 6.29 Å². The molecule has 6 N–H and O–H groups in total. The molecule has 1 amide bonds. The maximum atomic E-state index is 13.1. The van der Waals surface area contributed by atoms with E-state index in [0.717, 1.165) is 38.5 Å². The molecule has 0 radical (unpaired) electrons. The topological polar surface area (TPSA) is 149 Å². The molecular weight excluding hydrogens is 863 g/mol. The lowest BCUT2D eigenvalue weighted by molar-refractivity contribution is -0.302. The molecule has 9 heteroatoms. The second kappa shape index (κ2) is 50.0. The molecule has 1 fully saturated rings. The fourth-order valence-corrected chi connectivity index (χ4v) is 9.46. The Morgan fingerprint density at radius 3 is 1.22 bits per heavy atom. The summed E-state index contributed by atoms with van der Waals surface area (Å²) in [6.45, 7) is 3.79. The van der Waals surface area contributed by atoms with E-state index in [4.69, 9.17) is 9.47 Å². The predicted molar refractivity (Wildman–Crippen MR) is 290 cm³/mol. The van der Waals surface area contributed by atoms with E-state index in [9.17, 15) is 30.3 Å². The number of carbonyl (C=O) groups excluding carboxylic acids is 1. The molecule has 0 spiro atoms. The van der Waals surface area contributed by atoms with Crippen LogP contribution in [0.3, 0.4) is 0 Å². The minimum absolute atomic E-state index is 0.183. The average molecular weight is 977 g/mol. The summed E-state index contributed by atoms with van der Waals surface area (Å²) in [4.78, 5) is 13.1. The van der Waals surface area contributed by atoms with Gasteiger partial charge in [0.25, 0.3) is 0 Å². The second-order valence-corrected chi connectivity index (χ2v) is 20.8. The predicted octanol–water partition coefficient (Wildman–Crippen LogP) is 14.7. The smallest absolute Gasteiger partial charge is 0.220 e. The third kappa shape index (κ3) is 39.6. The summed E-state index contributed by atoms with van der Waals surface area (Å²) < 4.78 is 11.3. The van der Waals surface area contributed by atoms with E-state index in [-0.39, 0.29) is 12.5 Å². The molecule has 0 aromatic carbocycles. The third-order valence-electron chi connectivity index (χ3n) is 14.2. The first-order valence-corrected chi connectivity index (χ1v) is 29.7. The van der Waals surface area contributed by atoms with E-state index in [1.807, 2.05) is 6.08 Å². The Morgan fingerprint density at radius 1 is 0.478 bits per heavy atom. The lowest BCUT2D eigenvalue weighted by atomic mass is 9.99. The zero-order valence-corrected chi connectivity index (χ0v) is 45.1. The molecule has 0 saturated carbocycles. The molecule has 7 atom stereocenters. The van der Waals surface area contributed by atoms with Crippen molar-refractivity contribution in [2.75, 3.05) is 13.2 Å². The first-order valence-electron chi connectivity index (χ1n) is 29.7. The Kier molecular flexibility index (Phi) is 47.4. The monoisotopic (exact) mass is 976 g/mol. The first kappa shape index (κ1) is 65.4. The van der Waals surface area contributed by atoms with Crippen molar-refractivity contribution in [3.05, 3.63) is 36.5 Å². The summed E-state index contributed by atoms with van der Waals surface area (Å²) >= 11 is 0. The summed E-state index contributed by atoms with van der Waals surface area (Å²) in [5, 5.41) is 54.5. The molecule has 1 aliphatic heterocycles. The van der Waals surface area contributed by atoms with Crippen LogP contribution in [0.4, 0.5) is 0 Å². The summed E-state index contributed by atoms with van der Waals surface area (Å²) in [5.41, 5.74) is 0. The van der Waals surface area contributed by atoms with Crippen molar-refractivity contribution in [2.45, 2.75) is 326 Å². The van der Waals surface area contributed by atoms with Crippen LogP contribution in [0.5, 0.6) is 0 Å². The van der Waals surface area contributed by atoms with Crippen molar-refractivity contribution in [1.82, 2.24) is 5.32 Å². The number of hydrogen-bond donors (Lipinski definition) is 6. The number of hydrogen-bond acceptors (Lipinski definition) is 8. The molecular formula is C60H113NO8. The molecule has 69 heavy (non-hydrogen) atoms. The largest absolute Gasteiger partial charge is 0.394 e. The van der Waals surface area contributed by atoms with Crippen LogP contribution < -0.4 is 5.32 Å². The van der Waals surface area contributed by atoms with E-state index >= 15 is 0 Å². The maximum absolute atomic E-state index is 13.1. The maximum Gasteiger partial charge on any atom is 0.220 e. The van der Waals surface area contributed by atoms with E-state index in [1.165, 1.54) is 225 Å². The minimum atomic E-state index is -1.57. The van der Waals surface area contributed by atoms with Crippen LogP contribution >= 0.6 is 0 Å². The standard InChI is InChI=1S/C60H113NO8/c1-3-5-7-9-11-13-15-17-19-21-23-24-25-26-27-28-29-30-32-34-36-38-40-42-44-46-48-50-56(64)61-53(52-68-60-59(67)58(66)57(65)55(51-62)69-60)54(63)49-47-45-43-41-39-37-35-33-31-22-20-18-16-14-12-10-8-6-4-2/h21,23,39,41,47,49,53-55,57-60,62-63,65-67H,3-20,22,24-38,40,42-46,48,50-52H2,1-2H3,(H,61,64)/b23-21-,41-39+,49-47+. The molecule has 406 valence electrons. The van der Waals surface area contributed by atoms with Crippen molar-refractivity contribution >= 4 is 5.91 Å². The van der Waals surface area contributed by atoms with Crippen molar-refractivity contribution in [2.24, 2.45) is 0 Å². The molecule has 0 aromatic heterocycles. The Labute approximate surface area is 425 Å². The number of rotatable bonds is 51. The lowest BCUT2D eigenvalue weighted by Crippen LogP contribution is -2.60. The summed E-state index contributed by atoms with van der Waals surface area (Å²) in [7, 11) is 0. The summed E-state index contributed by atoms with van der Waals surface area (Å²) in [6.07, 6.45) is 57.9. The third-order valence-corrected chi connectivity index (χ3v) is 14.2. The number of allylic oxidation sites excluding steroid dienone is 5. The zero-order valence-electron chi connectivity index (χ0n) is 45.1. The van der Waals surface area contributed by atoms with Gasteiger partial charge in [0.2, 0.25) is 5.91 Å². The quantitative estimate of drug-likeness (QED) is 0.0261. The van der Waals surface area contributed by atoms with E-state index in [0.29, 0.717) is 6.42 Å². The highest BCUT2D eigenvalue weighted by molar-refractivity contribution is 5.76. The van der Waals surface area contributed by atoms with Crippen molar-refractivity contribution in [3.63, 3.8) is 0 Å². The molecule has 0 bridgehead atoms. The molecule has 1 aliphatic rings. The molecule has 0 aromatic rings. The van der Waals surface area contributed by atoms with E-state index < -0.39 is 49.5 Å². The van der Waals surface area contributed by atoms with Gasteiger partial charge in [0.05, 0.1) is 25.4 Å². The highest BCUT2D eigenvalue weighted by Crippen LogP contribution is 2.23. The summed E-state index contributed by atoms with van der Waals surface area (Å²) in [6, 6.07) is -0.821. The Balaban J connectivity index is 2.21. The van der Waals surface area contributed by atoms with Crippen LogP contribution in [0.2, 0.25) is 0 Å². The molecule has 9 nitrogen and oxygen atoms in total. The van der Waals surface area contributed by atoms with Gasteiger partial charge in [-0.2, -0.15) is 0 Å². The SMILES string of the molecule is CCCCCCCCCC/C=C\CCCCCCCCCCCCCCCCCC(=O)NC(COC1OC(CO)C(O)C(O)C1O)C(O)/C=C/CC/C=C/CCCCCCCCCCCCCCC. The molecule has 0 aliphatic carbocycles. The van der Waals surface area contributed by atoms with Crippen molar-refractivity contribution in [1.29, 1.82) is 0 Å². The van der Waals surface area contributed by atoms with Gasteiger partial charge in [-0.15, -0.1) is 0 Å². The van der Waals surface area contributed by atoms with Crippen LogP contribution in [-0.2, 0) is 14.3 Å². The second-order valence-electron chi connectivity index (χ2n) is 20.8. The number of amides is 1. The van der Waals surface area contributed by atoms with Crippen LogP contribution in [0, 0.1) is 0 Å². The molecule has 1 heterocycles. The number of aliphatic hydroxyl groups is 5. The Morgan fingerprint density at radius 2 is 0.826 bits per heavy atom. The van der Waals surface area contributed by atoms with Gasteiger partial charge in [-0.3, -0.25) is 4.79 Å². The normalized spacial score (nSPS) is 19.7. The summed E-state index contributed by atoms with van der Waals surface area (Å²) in [5.74, 6) is -0.183. The van der Waals surface area contributed by atoms with Gasteiger partial charge in [0.1, 0.15) is 24.4 Å².